The third-order valence-electron chi connectivity index (χ3n) is 6.15. The van der Waals surface area contributed by atoms with E-state index in [9.17, 15) is 9.59 Å². The van der Waals surface area contributed by atoms with Gasteiger partial charge < -0.3 is 19.5 Å². The second kappa shape index (κ2) is 14.8. The molecule has 1 N–H and O–H groups in total. The number of fused-ring (bicyclic) bond motifs is 1. The SMILES string of the molecule is CC(SC(Cc1cccc(Oc2cccc(OCc3ccc4ccccc4n3)c2)c1)SCCC(=O)O)C(=O)N(C)C. The summed E-state index contributed by atoms with van der Waals surface area (Å²) in [5, 5.41) is 9.93. The van der Waals surface area contributed by atoms with Crippen molar-refractivity contribution in [3.05, 3.63) is 96.2 Å². The third kappa shape index (κ3) is 9.43. The van der Waals surface area contributed by atoms with Crippen LogP contribution in [0.2, 0.25) is 0 Å². The van der Waals surface area contributed by atoms with E-state index in [0.29, 0.717) is 36.0 Å². The minimum Gasteiger partial charge on any atom is -0.487 e. The Bertz CT molecular complexity index is 1480. The van der Waals surface area contributed by atoms with Crippen molar-refractivity contribution in [1.29, 1.82) is 0 Å². The van der Waals surface area contributed by atoms with Crippen LogP contribution in [0.25, 0.3) is 10.9 Å². The zero-order valence-corrected chi connectivity index (χ0v) is 25.0. The van der Waals surface area contributed by atoms with Crippen molar-refractivity contribution < 1.29 is 24.2 Å². The van der Waals surface area contributed by atoms with Crippen LogP contribution in [0.3, 0.4) is 0 Å². The van der Waals surface area contributed by atoms with Gasteiger partial charge in [0.05, 0.1) is 27.5 Å². The number of carboxylic acids is 1. The van der Waals surface area contributed by atoms with Crippen LogP contribution in [-0.2, 0) is 22.6 Å². The highest BCUT2D eigenvalue weighted by Gasteiger charge is 2.22. The Kier molecular flexibility index (Phi) is 10.9. The van der Waals surface area contributed by atoms with E-state index in [1.807, 2.05) is 91.9 Å². The number of amides is 1. The maximum absolute atomic E-state index is 12.4. The van der Waals surface area contributed by atoms with Gasteiger partial charge in [-0.2, -0.15) is 0 Å². The second-order valence-corrected chi connectivity index (χ2v) is 12.8. The molecule has 214 valence electrons. The van der Waals surface area contributed by atoms with Crippen molar-refractivity contribution in [3.8, 4) is 17.2 Å². The summed E-state index contributed by atoms with van der Waals surface area (Å²) in [6.45, 7) is 2.24. The summed E-state index contributed by atoms with van der Waals surface area (Å²) >= 11 is 3.13. The predicted molar refractivity (Wildman–Crippen MR) is 167 cm³/mol. The number of carbonyl (C=O) groups is 2. The fourth-order valence-electron chi connectivity index (χ4n) is 4.11. The molecule has 0 aliphatic heterocycles. The molecule has 0 saturated heterocycles. The molecule has 1 heterocycles. The highest BCUT2D eigenvalue weighted by atomic mass is 32.2. The number of ether oxygens (including phenoxy) is 2. The molecule has 41 heavy (non-hydrogen) atoms. The van der Waals surface area contributed by atoms with Crippen molar-refractivity contribution in [3.63, 3.8) is 0 Å². The Morgan fingerprint density at radius 3 is 2.44 bits per heavy atom. The number of carboxylic acid groups (broad SMARTS) is 1. The summed E-state index contributed by atoms with van der Waals surface area (Å²) in [5.41, 5.74) is 2.82. The Balaban J connectivity index is 1.39. The van der Waals surface area contributed by atoms with Gasteiger partial charge in [-0.25, -0.2) is 4.98 Å². The average molecular weight is 591 g/mol. The quantitative estimate of drug-likeness (QED) is 0.159. The number of aromatic nitrogens is 1. The number of rotatable bonds is 14. The van der Waals surface area contributed by atoms with E-state index in [-0.39, 0.29) is 22.2 Å². The van der Waals surface area contributed by atoms with Gasteiger partial charge in [0.15, 0.2) is 0 Å². The molecule has 0 fully saturated rings. The lowest BCUT2D eigenvalue weighted by atomic mass is 10.1. The molecule has 1 aromatic heterocycles. The summed E-state index contributed by atoms with van der Waals surface area (Å²) in [6.07, 6.45) is 0.745. The number of benzene rings is 3. The van der Waals surface area contributed by atoms with E-state index in [2.05, 4.69) is 4.98 Å². The maximum Gasteiger partial charge on any atom is 0.304 e. The number of carbonyl (C=O) groups excluding carboxylic acids is 1. The van der Waals surface area contributed by atoms with Crippen molar-refractivity contribution in [2.24, 2.45) is 0 Å². The summed E-state index contributed by atoms with van der Waals surface area (Å²) in [7, 11) is 3.49. The maximum atomic E-state index is 12.4. The second-order valence-electron chi connectivity index (χ2n) is 9.67. The zero-order chi connectivity index (χ0) is 29.2. The third-order valence-corrected chi connectivity index (χ3v) is 8.95. The first-order valence-corrected chi connectivity index (χ1v) is 15.3. The predicted octanol–water partition coefficient (Wildman–Crippen LogP) is 6.89. The minimum atomic E-state index is -0.825. The fourth-order valence-corrected chi connectivity index (χ4v) is 7.15. The molecule has 9 heteroatoms. The zero-order valence-electron chi connectivity index (χ0n) is 23.4. The Labute approximate surface area is 249 Å². The first-order valence-electron chi connectivity index (χ1n) is 13.3. The van der Waals surface area contributed by atoms with Crippen molar-refractivity contribution >= 4 is 46.3 Å². The lowest BCUT2D eigenvalue weighted by Crippen LogP contribution is -2.31. The highest BCUT2D eigenvalue weighted by Crippen LogP contribution is 2.33. The average Bonchev–Trinajstić information content (AvgIpc) is 2.95. The van der Waals surface area contributed by atoms with Crippen molar-refractivity contribution in [2.45, 2.75) is 36.2 Å². The van der Waals surface area contributed by atoms with E-state index in [1.165, 1.54) is 0 Å². The normalized spacial score (nSPS) is 12.5. The van der Waals surface area contributed by atoms with Gasteiger partial charge in [-0.3, -0.25) is 9.59 Å². The minimum absolute atomic E-state index is 0.0175. The van der Waals surface area contributed by atoms with E-state index in [4.69, 9.17) is 14.6 Å². The molecule has 0 spiro atoms. The number of para-hydroxylation sites is 1. The van der Waals surface area contributed by atoms with Gasteiger partial charge >= 0.3 is 5.97 Å². The highest BCUT2D eigenvalue weighted by molar-refractivity contribution is 8.17. The molecule has 0 aliphatic rings. The molecule has 3 aromatic carbocycles. The molecule has 0 saturated carbocycles. The summed E-state index contributed by atoms with van der Waals surface area (Å²) in [5.74, 6) is 1.71. The first kappa shape index (κ1) is 30.3. The fraction of sp³-hybridized carbons (Fsp3) is 0.281. The van der Waals surface area contributed by atoms with Crippen molar-refractivity contribution in [2.75, 3.05) is 19.8 Å². The van der Waals surface area contributed by atoms with Crippen LogP contribution >= 0.6 is 23.5 Å². The first-order chi connectivity index (χ1) is 19.8. The van der Waals surface area contributed by atoms with E-state index < -0.39 is 5.97 Å². The van der Waals surface area contributed by atoms with Crippen LogP contribution in [0.4, 0.5) is 0 Å². The monoisotopic (exact) mass is 590 g/mol. The van der Waals surface area contributed by atoms with Crippen molar-refractivity contribution in [1.82, 2.24) is 9.88 Å². The molecule has 4 aromatic rings. The molecule has 7 nitrogen and oxygen atoms in total. The topological polar surface area (TPSA) is 89.0 Å². The number of nitrogens with zero attached hydrogens (tertiary/aromatic N) is 2. The van der Waals surface area contributed by atoms with Gasteiger partial charge in [0.2, 0.25) is 5.91 Å². The van der Waals surface area contributed by atoms with E-state index in [0.717, 1.165) is 22.2 Å². The standard InChI is InChI=1S/C32H34N2O5S2/c1-22(32(37)34(2)3)41-31(40-17-16-30(35)36)19-23-8-6-11-27(18-23)39-28-12-7-10-26(20-28)38-21-25-15-14-24-9-4-5-13-29(24)33-25/h4-15,18,20,22,31H,16-17,19,21H2,1-3H3,(H,35,36). The smallest absolute Gasteiger partial charge is 0.304 e. The van der Waals surface area contributed by atoms with Crippen LogP contribution in [0.15, 0.2) is 84.9 Å². The molecular formula is C32H34N2O5S2. The number of pyridine rings is 1. The number of hydrogen-bond acceptors (Lipinski definition) is 7. The summed E-state index contributed by atoms with van der Waals surface area (Å²) in [4.78, 5) is 29.7. The van der Waals surface area contributed by atoms with Crippen LogP contribution in [0.1, 0.15) is 24.6 Å². The van der Waals surface area contributed by atoms with Crippen LogP contribution < -0.4 is 9.47 Å². The number of aliphatic carboxylic acids is 1. The van der Waals surface area contributed by atoms with Gasteiger partial charge in [0, 0.05) is 31.3 Å². The molecule has 2 atom stereocenters. The largest absolute Gasteiger partial charge is 0.487 e. The molecule has 1 amide bonds. The molecule has 4 rings (SSSR count). The number of hydrogen-bond donors (Lipinski definition) is 1. The summed E-state index contributed by atoms with van der Waals surface area (Å²) in [6, 6.07) is 27.3. The lowest BCUT2D eigenvalue weighted by molar-refractivity contribution is -0.136. The Morgan fingerprint density at radius 2 is 1.66 bits per heavy atom. The molecule has 2 unspecified atom stereocenters. The Morgan fingerprint density at radius 1 is 0.927 bits per heavy atom. The van der Waals surface area contributed by atoms with E-state index >= 15 is 0 Å². The molecule has 0 aliphatic carbocycles. The van der Waals surface area contributed by atoms with Gasteiger partial charge in [0.1, 0.15) is 23.9 Å². The molecule has 0 radical (unpaired) electrons. The van der Waals surface area contributed by atoms with Gasteiger partial charge in [0.25, 0.3) is 0 Å². The van der Waals surface area contributed by atoms with Gasteiger partial charge in [-0.15, -0.1) is 23.5 Å². The van der Waals surface area contributed by atoms with Crippen LogP contribution in [0, 0.1) is 0 Å². The lowest BCUT2D eigenvalue weighted by Gasteiger charge is -2.22. The van der Waals surface area contributed by atoms with Gasteiger partial charge in [-0.05, 0) is 55.3 Å². The van der Waals surface area contributed by atoms with Gasteiger partial charge in [-0.1, -0.05) is 42.5 Å². The summed E-state index contributed by atoms with van der Waals surface area (Å²) < 4.78 is 12.2. The molecule has 0 bridgehead atoms. The number of thioether (sulfide) groups is 2. The van der Waals surface area contributed by atoms with E-state index in [1.54, 1.807) is 42.5 Å². The van der Waals surface area contributed by atoms with Crippen LogP contribution in [-0.4, -0.2) is 56.5 Å². The Hall–Kier alpha value is -3.69. The van der Waals surface area contributed by atoms with Crippen LogP contribution in [0.5, 0.6) is 17.2 Å². The molecular weight excluding hydrogens is 556 g/mol.